The molecule has 1 aliphatic rings. The van der Waals surface area contributed by atoms with Crippen LogP contribution >= 0.6 is 0 Å². The Morgan fingerprint density at radius 1 is 1.04 bits per heavy atom. The van der Waals surface area contributed by atoms with Gasteiger partial charge in [0.2, 0.25) is 5.95 Å². The topological polar surface area (TPSA) is 87.7 Å². The molecule has 0 saturated carbocycles. The molecule has 28 heavy (non-hydrogen) atoms. The maximum Gasteiger partial charge on any atom is 0.409 e. The molecule has 0 aliphatic carbocycles. The molecule has 1 saturated heterocycles. The van der Waals surface area contributed by atoms with Gasteiger partial charge in [0, 0.05) is 45.1 Å². The van der Waals surface area contributed by atoms with E-state index in [1.807, 2.05) is 6.92 Å². The molecule has 0 bridgehead atoms. The van der Waals surface area contributed by atoms with Gasteiger partial charge in [-0.25, -0.2) is 14.8 Å². The van der Waals surface area contributed by atoms with Crippen molar-refractivity contribution in [2.75, 3.05) is 38.1 Å². The standard InChI is InChI=1S/C20H25N5O3/c1-3-28-20(27)25-10-8-24(9-11-25)18(26)17-13-22-19(23-14-17)21-12-16-6-4-15(2)5-7-16/h4-7,13-14H,3,8-12H2,1-2H3,(H,21,22,23). The lowest BCUT2D eigenvalue weighted by Gasteiger charge is -2.33. The number of nitrogens with one attached hydrogen (secondary N) is 1. The summed E-state index contributed by atoms with van der Waals surface area (Å²) in [7, 11) is 0. The molecule has 8 nitrogen and oxygen atoms in total. The Kier molecular flexibility index (Phi) is 6.41. The van der Waals surface area contributed by atoms with Gasteiger partial charge in [0.15, 0.2) is 0 Å². The van der Waals surface area contributed by atoms with E-state index in [-0.39, 0.29) is 12.0 Å². The highest BCUT2D eigenvalue weighted by Gasteiger charge is 2.25. The van der Waals surface area contributed by atoms with Crippen molar-refractivity contribution in [3.05, 3.63) is 53.3 Å². The van der Waals surface area contributed by atoms with Gasteiger partial charge in [0.1, 0.15) is 0 Å². The lowest BCUT2D eigenvalue weighted by atomic mass is 10.1. The molecule has 0 radical (unpaired) electrons. The first-order valence-corrected chi connectivity index (χ1v) is 9.39. The van der Waals surface area contributed by atoms with Crippen LogP contribution in [0.25, 0.3) is 0 Å². The summed E-state index contributed by atoms with van der Waals surface area (Å²) >= 11 is 0. The van der Waals surface area contributed by atoms with Gasteiger partial charge < -0.3 is 19.9 Å². The van der Waals surface area contributed by atoms with E-state index in [1.165, 1.54) is 18.0 Å². The third-order valence-electron chi connectivity index (χ3n) is 4.56. The molecular weight excluding hydrogens is 358 g/mol. The first-order valence-electron chi connectivity index (χ1n) is 9.39. The second kappa shape index (κ2) is 9.16. The predicted molar refractivity (Wildman–Crippen MR) is 105 cm³/mol. The number of carbonyl (C=O) groups is 2. The van der Waals surface area contributed by atoms with Crippen LogP contribution in [0.1, 0.15) is 28.4 Å². The molecule has 1 N–H and O–H groups in total. The zero-order valence-electron chi connectivity index (χ0n) is 16.2. The Hall–Kier alpha value is -3.16. The molecule has 2 aromatic rings. The zero-order chi connectivity index (χ0) is 19.9. The average Bonchev–Trinajstić information content (AvgIpc) is 2.73. The van der Waals surface area contributed by atoms with Crippen LogP contribution in [0.2, 0.25) is 0 Å². The quantitative estimate of drug-likeness (QED) is 0.853. The van der Waals surface area contributed by atoms with Crippen molar-refractivity contribution in [3.8, 4) is 0 Å². The highest BCUT2D eigenvalue weighted by molar-refractivity contribution is 5.93. The van der Waals surface area contributed by atoms with Crippen molar-refractivity contribution in [3.63, 3.8) is 0 Å². The second-order valence-electron chi connectivity index (χ2n) is 6.61. The minimum atomic E-state index is -0.332. The molecular formula is C20H25N5O3. The van der Waals surface area contributed by atoms with Crippen LogP contribution in [-0.2, 0) is 11.3 Å². The van der Waals surface area contributed by atoms with Crippen molar-refractivity contribution < 1.29 is 14.3 Å². The molecule has 1 aromatic carbocycles. The number of carbonyl (C=O) groups excluding carboxylic acids is 2. The first-order chi connectivity index (χ1) is 13.6. The molecule has 3 rings (SSSR count). The Morgan fingerprint density at radius 2 is 1.64 bits per heavy atom. The Labute approximate surface area is 164 Å². The van der Waals surface area contributed by atoms with Gasteiger partial charge in [-0.15, -0.1) is 0 Å². The Morgan fingerprint density at radius 3 is 2.25 bits per heavy atom. The number of ether oxygens (including phenoxy) is 1. The monoisotopic (exact) mass is 383 g/mol. The van der Waals surface area contributed by atoms with Crippen LogP contribution in [0.4, 0.5) is 10.7 Å². The lowest BCUT2D eigenvalue weighted by molar-refractivity contribution is 0.0570. The number of nitrogens with zero attached hydrogens (tertiary/aromatic N) is 4. The van der Waals surface area contributed by atoms with Crippen molar-refractivity contribution in [2.45, 2.75) is 20.4 Å². The van der Waals surface area contributed by atoms with Crippen LogP contribution < -0.4 is 5.32 Å². The van der Waals surface area contributed by atoms with E-state index in [2.05, 4.69) is 39.6 Å². The van der Waals surface area contributed by atoms with Gasteiger partial charge in [0.05, 0.1) is 12.2 Å². The van der Waals surface area contributed by atoms with Crippen molar-refractivity contribution in [1.29, 1.82) is 0 Å². The van der Waals surface area contributed by atoms with Gasteiger partial charge in [-0.3, -0.25) is 4.79 Å². The summed E-state index contributed by atoms with van der Waals surface area (Å²) in [6.45, 7) is 6.63. The maximum absolute atomic E-state index is 12.6. The fourth-order valence-electron chi connectivity index (χ4n) is 2.91. The van der Waals surface area contributed by atoms with E-state index >= 15 is 0 Å². The number of piperazine rings is 1. The van der Waals surface area contributed by atoms with Gasteiger partial charge in [-0.1, -0.05) is 29.8 Å². The molecule has 2 heterocycles. The number of aromatic nitrogens is 2. The van der Waals surface area contributed by atoms with Gasteiger partial charge >= 0.3 is 6.09 Å². The van der Waals surface area contributed by atoms with E-state index in [4.69, 9.17) is 4.74 Å². The number of benzene rings is 1. The van der Waals surface area contributed by atoms with Gasteiger partial charge in [-0.05, 0) is 19.4 Å². The van der Waals surface area contributed by atoms with E-state index in [1.54, 1.807) is 16.7 Å². The van der Waals surface area contributed by atoms with Gasteiger partial charge in [-0.2, -0.15) is 0 Å². The largest absolute Gasteiger partial charge is 0.450 e. The number of rotatable bonds is 5. The number of anilines is 1. The summed E-state index contributed by atoms with van der Waals surface area (Å²) in [5.74, 6) is 0.345. The van der Waals surface area contributed by atoms with Crippen LogP contribution in [0.3, 0.4) is 0 Å². The fourth-order valence-corrected chi connectivity index (χ4v) is 2.91. The molecule has 0 spiro atoms. The first kappa shape index (κ1) is 19.6. The van der Waals surface area contributed by atoms with E-state index in [0.717, 1.165) is 5.56 Å². The van der Waals surface area contributed by atoms with Crippen LogP contribution in [-0.4, -0.2) is 64.6 Å². The average molecular weight is 383 g/mol. The van der Waals surface area contributed by atoms with Crippen molar-refractivity contribution in [2.24, 2.45) is 0 Å². The van der Waals surface area contributed by atoms with Crippen LogP contribution in [0, 0.1) is 6.92 Å². The number of aryl methyl sites for hydroxylation is 1. The summed E-state index contributed by atoms with van der Waals surface area (Å²) in [6, 6.07) is 8.22. The van der Waals surface area contributed by atoms with Crippen molar-refractivity contribution in [1.82, 2.24) is 19.8 Å². The SMILES string of the molecule is CCOC(=O)N1CCN(C(=O)c2cnc(NCc3ccc(C)cc3)nc2)CC1. The minimum absolute atomic E-state index is 0.131. The summed E-state index contributed by atoms with van der Waals surface area (Å²) < 4.78 is 4.99. The Bertz CT molecular complexity index is 800. The maximum atomic E-state index is 12.6. The molecule has 148 valence electrons. The van der Waals surface area contributed by atoms with Crippen molar-refractivity contribution >= 4 is 17.9 Å². The molecule has 8 heteroatoms. The summed E-state index contributed by atoms with van der Waals surface area (Å²) in [5.41, 5.74) is 2.78. The summed E-state index contributed by atoms with van der Waals surface area (Å²) in [5, 5.41) is 3.15. The van der Waals surface area contributed by atoms with Crippen LogP contribution in [0.5, 0.6) is 0 Å². The number of hydrogen-bond donors (Lipinski definition) is 1. The number of amides is 2. The molecule has 1 aromatic heterocycles. The molecule has 0 atom stereocenters. The second-order valence-corrected chi connectivity index (χ2v) is 6.61. The molecule has 1 fully saturated rings. The third kappa shape index (κ3) is 4.97. The zero-order valence-corrected chi connectivity index (χ0v) is 16.2. The Balaban J connectivity index is 1.51. The smallest absolute Gasteiger partial charge is 0.409 e. The minimum Gasteiger partial charge on any atom is -0.450 e. The van der Waals surface area contributed by atoms with E-state index < -0.39 is 0 Å². The molecule has 0 unspecified atom stereocenters. The lowest BCUT2D eigenvalue weighted by Crippen LogP contribution is -2.50. The normalized spacial score (nSPS) is 13.9. The summed E-state index contributed by atoms with van der Waals surface area (Å²) in [4.78, 5) is 36.1. The fraction of sp³-hybridized carbons (Fsp3) is 0.400. The molecule has 1 aliphatic heterocycles. The predicted octanol–water partition coefficient (Wildman–Crippen LogP) is 2.31. The third-order valence-corrected chi connectivity index (χ3v) is 4.56. The van der Waals surface area contributed by atoms with Gasteiger partial charge in [0.25, 0.3) is 5.91 Å². The summed E-state index contributed by atoms with van der Waals surface area (Å²) in [6.07, 6.45) is 2.73. The number of hydrogen-bond acceptors (Lipinski definition) is 6. The van der Waals surface area contributed by atoms with E-state index in [9.17, 15) is 9.59 Å². The van der Waals surface area contributed by atoms with Crippen LogP contribution in [0.15, 0.2) is 36.7 Å². The highest BCUT2D eigenvalue weighted by atomic mass is 16.6. The molecule has 2 amide bonds. The highest BCUT2D eigenvalue weighted by Crippen LogP contribution is 2.10. The van der Waals surface area contributed by atoms with E-state index in [0.29, 0.717) is 50.8 Å².